The van der Waals surface area contributed by atoms with Gasteiger partial charge in [-0.1, -0.05) is 0 Å². The molecule has 1 aromatic carbocycles. The second kappa shape index (κ2) is 6.20. The lowest BCUT2D eigenvalue weighted by Crippen LogP contribution is -2.54. The van der Waals surface area contributed by atoms with Gasteiger partial charge in [-0.2, -0.15) is 0 Å². The minimum atomic E-state index is -0.975. The van der Waals surface area contributed by atoms with E-state index in [1.165, 1.54) is 33.4 Å². The van der Waals surface area contributed by atoms with E-state index < -0.39 is 5.97 Å². The molecule has 0 saturated heterocycles. The maximum atomic E-state index is 10.5. The van der Waals surface area contributed by atoms with Crippen molar-refractivity contribution in [3.63, 3.8) is 0 Å². The van der Waals surface area contributed by atoms with Crippen molar-refractivity contribution in [3.05, 3.63) is 33.4 Å². The predicted octanol–water partition coefficient (Wildman–Crippen LogP) is 1.43. The van der Waals surface area contributed by atoms with Crippen LogP contribution in [-0.4, -0.2) is 5.97 Å². The summed E-state index contributed by atoms with van der Waals surface area (Å²) in [5.41, 5.74) is 12.1. The first-order valence-electron chi connectivity index (χ1n) is 6.87. The van der Waals surface area contributed by atoms with Crippen LogP contribution in [0.4, 0.5) is 0 Å². The molecule has 0 spiro atoms. The van der Waals surface area contributed by atoms with Crippen LogP contribution in [0.1, 0.15) is 58.7 Å². The highest BCUT2D eigenvalue weighted by molar-refractivity contribution is 5.64. The molecule has 0 aliphatic carbocycles. The van der Waals surface area contributed by atoms with Crippen LogP contribution in [-0.2, 0) is 4.79 Å². The Hall–Kier alpha value is -1.35. The van der Waals surface area contributed by atoms with Crippen LogP contribution in [0.25, 0.3) is 0 Å². The highest BCUT2D eigenvalue weighted by Gasteiger charge is 2.19. The highest BCUT2D eigenvalue weighted by Crippen LogP contribution is 2.30. The number of hydrogen-bond acceptors (Lipinski definition) is 2. The molecule has 0 aromatic heterocycles. The van der Waals surface area contributed by atoms with Crippen LogP contribution in [0.3, 0.4) is 0 Å². The predicted molar refractivity (Wildman–Crippen MR) is 74.6 cm³/mol. The largest absolute Gasteiger partial charge is 0.550 e. The third-order valence-corrected chi connectivity index (χ3v) is 4.40. The van der Waals surface area contributed by atoms with Crippen molar-refractivity contribution in [2.24, 2.45) is 0 Å². The first-order valence-corrected chi connectivity index (χ1v) is 6.87. The number of aliphatic carboxylic acids is 1. The molecule has 0 amide bonds. The number of carboxylic acids is 1. The van der Waals surface area contributed by atoms with Crippen molar-refractivity contribution in [2.45, 2.75) is 59.9 Å². The Morgan fingerprint density at radius 3 is 1.84 bits per heavy atom. The molecule has 19 heavy (non-hydrogen) atoms. The number of carbonyl (C=O) groups excluding carboxylic acids is 1. The zero-order valence-electron chi connectivity index (χ0n) is 12.7. The lowest BCUT2D eigenvalue weighted by molar-refractivity contribution is -0.428. The van der Waals surface area contributed by atoms with E-state index in [9.17, 15) is 9.90 Å². The Kier molecular flexibility index (Phi) is 5.12. The van der Waals surface area contributed by atoms with Gasteiger partial charge in [-0.3, -0.25) is 0 Å². The Balaban J connectivity index is 3.03. The summed E-state index contributed by atoms with van der Waals surface area (Å²) in [5.74, 6) is -0.975. The molecule has 0 fully saturated rings. The maximum Gasteiger partial charge on any atom is 0.111 e. The third-order valence-electron chi connectivity index (χ3n) is 4.40. The zero-order chi connectivity index (χ0) is 14.7. The Labute approximate surface area is 115 Å². The SMILES string of the molecule is Cc1c(C)c(C)c([C@H]([NH3+])CCCC(=O)[O-])c(C)c1C. The molecule has 0 aliphatic heterocycles. The average molecular weight is 263 g/mol. The van der Waals surface area contributed by atoms with E-state index in [1.807, 2.05) is 0 Å². The van der Waals surface area contributed by atoms with Gasteiger partial charge in [0.1, 0.15) is 6.04 Å². The maximum absolute atomic E-state index is 10.5. The lowest BCUT2D eigenvalue weighted by atomic mass is 9.85. The molecule has 0 heterocycles. The van der Waals surface area contributed by atoms with Crippen LogP contribution in [0.2, 0.25) is 0 Å². The molecule has 1 atom stereocenters. The number of quaternary nitrogens is 1. The number of benzene rings is 1. The minimum Gasteiger partial charge on any atom is -0.550 e. The van der Waals surface area contributed by atoms with Gasteiger partial charge in [-0.25, -0.2) is 0 Å². The molecule has 1 aromatic rings. The summed E-state index contributed by atoms with van der Waals surface area (Å²) in [6, 6.07) is 0.150. The number of hydrogen-bond donors (Lipinski definition) is 1. The van der Waals surface area contributed by atoms with Gasteiger partial charge in [-0.05, 0) is 75.3 Å². The topological polar surface area (TPSA) is 67.8 Å². The molecular weight excluding hydrogens is 238 g/mol. The summed E-state index contributed by atoms with van der Waals surface area (Å²) >= 11 is 0. The molecule has 3 nitrogen and oxygen atoms in total. The molecule has 0 saturated carbocycles. The summed E-state index contributed by atoms with van der Waals surface area (Å²) in [7, 11) is 0. The average Bonchev–Trinajstić information content (AvgIpc) is 2.34. The Morgan fingerprint density at radius 2 is 1.42 bits per heavy atom. The fourth-order valence-electron chi connectivity index (χ4n) is 2.78. The molecule has 0 aliphatic rings. The van der Waals surface area contributed by atoms with Crippen LogP contribution in [0.15, 0.2) is 0 Å². The third kappa shape index (κ3) is 3.35. The quantitative estimate of drug-likeness (QED) is 0.873. The van der Waals surface area contributed by atoms with E-state index in [1.54, 1.807) is 0 Å². The summed E-state index contributed by atoms with van der Waals surface area (Å²) in [6.07, 6.45) is 1.53. The van der Waals surface area contributed by atoms with Crippen LogP contribution < -0.4 is 10.8 Å². The zero-order valence-corrected chi connectivity index (χ0v) is 12.7. The summed E-state index contributed by atoms with van der Waals surface area (Å²) in [4.78, 5) is 10.5. The van der Waals surface area contributed by atoms with E-state index in [4.69, 9.17) is 0 Å². The summed E-state index contributed by atoms with van der Waals surface area (Å²) in [5, 5.41) is 10.5. The second-order valence-corrected chi connectivity index (χ2v) is 5.50. The van der Waals surface area contributed by atoms with Crippen molar-refractivity contribution in [1.29, 1.82) is 0 Å². The van der Waals surface area contributed by atoms with E-state index in [0.717, 1.165) is 6.42 Å². The molecule has 106 valence electrons. The Bertz CT molecular complexity index is 463. The van der Waals surface area contributed by atoms with Gasteiger partial charge >= 0.3 is 0 Å². The molecular formula is C16H25NO2. The number of carboxylic acid groups (broad SMARTS) is 1. The van der Waals surface area contributed by atoms with Crippen molar-refractivity contribution >= 4 is 5.97 Å². The van der Waals surface area contributed by atoms with Crippen LogP contribution in [0.5, 0.6) is 0 Å². The van der Waals surface area contributed by atoms with Gasteiger partial charge in [0.25, 0.3) is 0 Å². The smallest absolute Gasteiger partial charge is 0.111 e. The van der Waals surface area contributed by atoms with E-state index in [-0.39, 0.29) is 12.5 Å². The second-order valence-electron chi connectivity index (χ2n) is 5.50. The van der Waals surface area contributed by atoms with Gasteiger partial charge < -0.3 is 15.6 Å². The highest BCUT2D eigenvalue weighted by atomic mass is 16.4. The normalized spacial score (nSPS) is 12.5. The lowest BCUT2D eigenvalue weighted by Gasteiger charge is -2.21. The van der Waals surface area contributed by atoms with E-state index in [0.29, 0.717) is 6.42 Å². The van der Waals surface area contributed by atoms with Crippen molar-refractivity contribution < 1.29 is 15.6 Å². The molecule has 0 radical (unpaired) electrons. The monoisotopic (exact) mass is 263 g/mol. The van der Waals surface area contributed by atoms with Crippen molar-refractivity contribution in [2.75, 3.05) is 0 Å². The van der Waals surface area contributed by atoms with Gasteiger partial charge in [0.15, 0.2) is 0 Å². The fraction of sp³-hybridized carbons (Fsp3) is 0.562. The number of carbonyl (C=O) groups is 1. The van der Waals surface area contributed by atoms with Gasteiger partial charge in [0.05, 0.1) is 0 Å². The van der Waals surface area contributed by atoms with Gasteiger partial charge in [-0.15, -0.1) is 0 Å². The van der Waals surface area contributed by atoms with Gasteiger partial charge in [0, 0.05) is 18.0 Å². The van der Waals surface area contributed by atoms with E-state index in [2.05, 4.69) is 40.4 Å². The van der Waals surface area contributed by atoms with E-state index >= 15 is 0 Å². The Morgan fingerprint density at radius 1 is 1.00 bits per heavy atom. The minimum absolute atomic E-state index is 0.119. The molecule has 3 N–H and O–H groups in total. The van der Waals surface area contributed by atoms with Crippen LogP contribution >= 0.6 is 0 Å². The molecule has 0 bridgehead atoms. The molecule has 3 heteroatoms. The first kappa shape index (κ1) is 15.7. The standard InChI is InChI=1S/C16H25NO2/c1-9-10(2)12(4)16(13(5)11(9)3)14(17)7-6-8-15(18)19/h14H,6-8,17H2,1-5H3,(H,18,19)/t14-/m1/s1. The number of rotatable bonds is 5. The van der Waals surface area contributed by atoms with Crippen molar-refractivity contribution in [3.8, 4) is 0 Å². The van der Waals surface area contributed by atoms with Crippen molar-refractivity contribution in [1.82, 2.24) is 0 Å². The molecule has 1 rings (SSSR count). The van der Waals surface area contributed by atoms with Gasteiger partial charge in [0.2, 0.25) is 0 Å². The first-order chi connectivity index (χ1) is 8.77. The fourth-order valence-corrected chi connectivity index (χ4v) is 2.78. The molecule has 0 unspecified atom stereocenters. The summed E-state index contributed by atoms with van der Waals surface area (Å²) in [6.45, 7) is 10.7. The summed E-state index contributed by atoms with van der Waals surface area (Å²) < 4.78 is 0. The van der Waals surface area contributed by atoms with Crippen LogP contribution in [0, 0.1) is 34.6 Å².